The van der Waals surface area contributed by atoms with E-state index in [1.807, 2.05) is 11.5 Å². The highest BCUT2D eigenvalue weighted by Gasteiger charge is 2.42. The molecule has 0 bridgehead atoms. The van der Waals surface area contributed by atoms with Crippen LogP contribution in [-0.2, 0) is 20.8 Å². The molecule has 11 heteroatoms. The zero-order chi connectivity index (χ0) is 23.6. The molecule has 0 aliphatic carbocycles. The van der Waals surface area contributed by atoms with Gasteiger partial charge in [-0.2, -0.15) is 0 Å². The second-order valence-corrected chi connectivity index (χ2v) is 7.17. The molecule has 1 aromatic carbocycles. The minimum Gasteiger partial charge on any atom is -0.456 e. The molecule has 0 atom stereocenters. The van der Waals surface area contributed by atoms with Crippen molar-refractivity contribution in [3.63, 3.8) is 0 Å². The first-order valence-corrected chi connectivity index (χ1v) is 9.65. The number of esters is 1. The molecule has 0 saturated heterocycles. The van der Waals surface area contributed by atoms with Crippen LogP contribution in [0.5, 0.6) is 0 Å². The van der Waals surface area contributed by atoms with Crippen molar-refractivity contribution in [1.82, 2.24) is 9.47 Å². The first-order valence-electron chi connectivity index (χ1n) is 9.65. The fraction of sp³-hybridized carbons (Fsp3) is 0.333. The maximum atomic E-state index is 12.5. The van der Waals surface area contributed by atoms with E-state index in [9.17, 15) is 29.3 Å². The lowest BCUT2D eigenvalue weighted by molar-refractivity contribution is -0.385. The Hall–Kier alpha value is -3.86. The van der Waals surface area contributed by atoms with Gasteiger partial charge in [0.2, 0.25) is 5.78 Å². The summed E-state index contributed by atoms with van der Waals surface area (Å²) in [6.45, 7) is 3.31. The smallest absolute Gasteiger partial charge is 0.326 e. The molecular formula is C21H21N3O8. The van der Waals surface area contributed by atoms with Crippen molar-refractivity contribution >= 4 is 29.3 Å². The van der Waals surface area contributed by atoms with E-state index < -0.39 is 47.3 Å². The van der Waals surface area contributed by atoms with Gasteiger partial charge in [0.05, 0.1) is 17.1 Å². The maximum Gasteiger partial charge on any atom is 0.326 e. The van der Waals surface area contributed by atoms with Gasteiger partial charge >= 0.3 is 5.97 Å². The number of carbonyl (C=O) groups excluding carboxylic acids is 4. The Labute approximate surface area is 182 Å². The van der Waals surface area contributed by atoms with Crippen molar-refractivity contribution < 1.29 is 33.6 Å². The summed E-state index contributed by atoms with van der Waals surface area (Å²) in [4.78, 5) is 60.7. The molecule has 3 rings (SSSR count). The van der Waals surface area contributed by atoms with Gasteiger partial charge in [-0.3, -0.25) is 34.2 Å². The van der Waals surface area contributed by atoms with Crippen LogP contribution in [-0.4, -0.2) is 64.8 Å². The number of carbonyl (C=O) groups is 4. The number of nitro groups is 1. The van der Waals surface area contributed by atoms with Crippen molar-refractivity contribution in [2.24, 2.45) is 0 Å². The highest BCUT2D eigenvalue weighted by molar-refractivity contribution is 6.24. The summed E-state index contributed by atoms with van der Waals surface area (Å²) in [5.74, 6) is -3.21. The first kappa shape index (κ1) is 22.8. The predicted molar refractivity (Wildman–Crippen MR) is 110 cm³/mol. The standard InChI is InChI=1S/C21H21N3O8/c1-12-9-15(13(2)22(12)7-8-31-3)17(25)11-32-18(26)10-23-20(27)14-5-4-6-16(24(29)30)19(14)21(23)28/h4-6,9H,7-8,10-11H2,1-3H3. The van der Waals surface area contributed by atoms with Crippen molar-refractivity contribution in [2.75, 3.05) is 26.9 Å². The van der Waals surface area contributed by atoms with E-state index in [4.69, 9.17) is 9.47 Å². The minimum atomic E-state index is -0.983. The fourth-order valence-electron chi connectivity index (χ4n) is 3.62. The number of nitro benzene ring substituents is 1. The van der Waals surface area contributed by atoms with Gasteiger partial charge in [0, 0.05) is 36.7 Å². The summed E-state index contributed by atoms with van der Waals surface area (Å²) in [6.07, 6.45) is 0. The van der Waals surface area contributed by atoms with E-state index in [0.717, 1.165) is 11.8 Å². The number of hydrogen-bond acceptors (Lipinski definition) is 8. The van der Waals surface area contributed by atoms with Gasteiger partial charge in [0.1, 0.15) is 12.1 Å². The van der Waals surface area contributed by atoms with Crippen LogP contribution < -0.4 is 0 Å². The molecule has 1 aromatic heterocycles. The average Bonchev–Trinajstić information content (AvgIpc) is 3.18. The molecule has 2 heterocycles. The molecule has 0 fully saturated rings. The number of amides is 2. The molecule has 32 heavy (non-hydrogen) atoms. The Balaban J connectivity index is 1.65. The van der Waals surface area contributed by atoms with Crippen LogP contribution in [0.2, 0.25) is 0 Å². The SMILES string of the molecule is COCCn1c(C)cc(C(=O)COC(=O)CN2C(=O)c3cccc([N+](=O)[O-])c3C2=O)c1C. The Morgan fingerprint density at radius 2 is 1.88 bits per heavy atom. The summed E-state index contributed by atoms with van der Waals surface area (Å²) in [6, 6.07) is 5.35. The van der Waals surface area contributed by atoms with Gasteiger partial charge in [-0.1, -0.05) is 6.07 Å². The number of benzene rings is 1. The fourth-order valence-corrected chi connectivity index (χ4v) is 3.62. The lowest BCUT2D eigenvalue weighted by Crippen LogP contribution is -2.36. The van der Waals surface area contributed by atoms with Crippen LogP contribution in [0.3, 0.4) is 0 Å². The van der Waals surface area contributed by atoms with Crippen LogP contribution in [0.4, 0.5) is 5.69 Å². The Bertz CT molecular complexity index is 1130. The normalized spacial score (nSPS) is 12.8. The zero-order valence-electron chi connectivity index (χ0n) is 17.7. The van der Waals surface area contributed by atoms with Crippen LogP contribution >= 0.6 is 0 Å². The summed E-state index contributed by atoms with van der Waals surface area (Å²) in [5.41, 5.74) is 0.903. The highest BCUT2D eigenvalue weighted by atomic mass is 16.6. The predicted octanol–water partition coefficient (Wildman–Crippen LogP) is 1.68. The number of ketones is 1. The van der Waals surface area contributed by atoms with Gasteiger partial charge in [-0.15, -0.1) is 0 Å². The summed E-state index contributed by atoms with van der Waals surface area (Å²) in [7, 11) is 1.58. The molecule has 0 unspecified atom stereocenters. The van der Waals surface area contributed by atoms with Crippen LogP contribution in [0.15, 0.2) is 24.3 Å². The summed E-state index contributed by atoms with van der Waals surface area (Å²) >= 11 is 0. The molecule has 2 aromatic rings. The number of methoxy groups -OCH3 is 1. The molecule has 0 N–H and O–H groups in total. The second kappa shape index (κ2) is 9.10. The lowest BCUT2D eigenvalue weighted by atomic mass is 10.1. The second-order valence-electron chi connectivity index (χ2n) is 7.17. The number of hydrogen-bond donors (Lipinski definition) is 0. The topological polar surface area (TPSA) is 138 Å². The third-order valence-electron chi connectivity index (χ3n) is 5.22. The molecule has 1 aliphatic heterocycles. The number of imide groups is 1. The number of rotatable bonds is 9. The van der Waals surface area contributed by atoms with E-state index in [1.165, 1.54) is 12.1 Å². The Morgan fingerprint density at radius 3 is 2.53 bits per heavy atom. The van der Waals surface area contributed by atoms with E-state index >= 15 is 0 Å². The van der Waals surface area contributed by atoms with E-state index in [0.29, 0.717) is 29.3 Å². The Kier molecular flexibility index (Phi) is 6.49. The van der Waals surface area contributed by atoms with E-state index in [2.05, 4.69) is 0 Å². The zero-order valence-corrected chi connectivity index (χ0v) is 17.7. The van der Waals surface area contributed by atoms with Gasteiger partial charge in [-0.25, -0.2) is 0 Å². The van der Waals surface area contributed by atoms with E-state index in [-0.39, 0.29) is 11.1 Å². The first-order chi connectivity index (χ1) is 15.2. The lowest BCUT2D eigenvalue weighted by Gasteiger charge is -2.13. The van der Waals surface area contributed by atoms with Gasteiger partial charge in [0.25, 0.3) is 17.5 Å². The molecule has 0 saturated carbocycles. The van der Waals surface area contributed by atoms with Gasteiger partial charge < -0.3 is 14.0 Å². The van der Waals surface area contributed by atoms with Gasteiger partial charge in [-0.05, 0) is 26.0 Å². The summed E-state index contributed by atoms with van der Waals surface area (Å²) < 4.78 is 11.9. The maximum absolute atomic E-state index is 12.5. The molecule has 0 spiro atoms. The minimum absolute atomic E-state index is 0.156. The van der Waals surface area contributed by atoms with Crippen molar-refractivity contribution in [3.05, 3.63) is 62.5 Å². The molecular weight excluding hydrogens is 422 g/mol. The number of nitrogens with zero attached hydrogens (tertiary/aromatic N) is 3. The number of ether oxygens (including phenoxy) is 2. The number of Topliss-reactive ketones (excluding diaryl/α,β-unsaturated/α-hetero) is 1. The van der Waals surface area contributed by atoms with Crippen molar-refractivity contribution in [1.29, 1.82) is 0 Å². The third kappa shape index (κ3) is 4.14. The molecule has 1 aliphatic rings. The molecule has 0 radical (unpaired) electrons. The Morgan fingerprint density at radius 1 is 1.16 bits per heavy atom. The summed E-state index contributed by atoms with van der Waals surface area (Å²) in [5, 5.41) is 11.2. The third-order valence-corrected chi connectivity index (χ3v) is 5.22. The van der Waals surface area contributed by atoms with E-state index in [1.54, 1.807) is 20.1 Å². The number of aryl methyl sites for hydroxylation is 1. The number of fused-ring (bicyclic) bond motifs is 1. The van der Waals surface area contributed by atoms with Crippen molar-refractivity contribution in [3.8, 4) is 0 Å². The van der Waals surface area contributed by atoms with Crippen molar-refractivity contribution in [2.45, 2.75) is 20.4 Å². The quantitative estimate of drug-likeness (QED) is 0.188. The van der Waals surface area contributed by atoms with Crippen LogP contribution in [0.25, 0.3) is 0 Å². The molecule has 11 nitrogen and oxygen atoms in total. The highest BCUT2D eigenvalue weighted by Crippen LogP contribution is 2.30. The number of aromatic nitrogens is 1. The monoisotopic (exact) mass is 443 g/mol. The average molecular weight is 443 g/mol. The van der Waals surface area contributed by atoms with Crippen LogP contribution in [0, 0.1) is 24.0 Å². The van der Waals surface area contributed by atoms with Crippen LogP contribution in [0.1, 0.15) is 42.5 Å². The van der Waals surface area contributed by atoms with Gasteiger partial charge in [0.15, 0.2) is 6.61 Å². The largest absolute Gasteiger partial charge is 0.456 e. The molecule has 168 valence electrons. The molecule has 2 amide bonds.